The maximum atomic E-state index is 12.9. The molecule has 4 aromatic rings. The molecule has 0 aliphatic carbocycles. The van der Waals surface area contributed by atoms with Gasteiger partial charge in [-0.25, -0.2) is 0 Å². The highest BCUT2D eigenvalue weighted by Gasteiger charge is 2.35. The van der Waals surface area contributed by atoms with Gasteiger partial charge < -0.3 is 9.30 Å². The molecular weight excluding hydrogens is 398 g/mol. The van der Waals surface area contributed by atoms with Crippen LogP contribution in [0, 0.1) is 0 Å². The zero-order valence-electron chi connectivity index (χ0n) is 16.7. The predicted octanol–water partition coefficient (Wildman–Crippen LogP) is 4.20. The van der Waals surface area contributed by atoms with Crippen LogP contribution in [0.25, 0.3) is 22.2 Å². The van der Waals surface area contributed by atoms with Crippen molar-refractivity contribution < 1.29 is 9.53 Å². The fourth-order valence-corrected chi connectivity index (χ4v) is 4.21. The lowest BCUT2D eigenvalue weighted by Crippen LogP contribution is -2.36. The van der Waals surface area contributed by atoms with Crippen LogP contribution in [0.5, 0.6) is 5.88 Å². The quantitative estimate of drug-likeness (QED) is 0.455. The topological polar surface area (TPSA) is 73.1 Å². The fourth-order valence-electron chi connectivity index (χ4n) is 3.91. The first-order chi connectivity index (χ1) is 14.6. The lowest BCUT2D eigenvalue weighted by atomic mass is 10.1. The molecule has 2 aromatic carbocycles. The normalized spacial score (nSPS) is 15.3. The smallest absolute Gasteiger partial charge is 0.247 e. The van der Waals surface area contributed by atoms with E-state index in [9.17, 15) is 4.79 Å². The van der Waals surface area contributed by atoms with Crippen LogP contribution < -0.4 is 9.64 Å². The Bertz CT molecular complexity index is 1290. The highest BCUT2D eigenvalue weighted by molar-refractivity contribution is 7.98. The van der Waals surface area contributed by atoms with E-state index >= 15 is 0 Å². The van der Waals surface area contributed by atoms with Crippen LogP contribution in [-0.4, -0.2) is 31.9 Å². The van der Waals surface area contributed by atoms with Gasteiger partial charge in [-0.05, 0) is 18.4 Å². The molecule has 0 saturated heterocycles. The first-order valence-corrected chi connectivity index (χ1v) is 10.7. The lowest BCUT2D eigenvalue weighted by molar-refractivity contribution is -0.118. The molecule has 1 atom stereocenters. The molecule has 8 heteroatoms. The molecule has 0 N–H and O–H groups in total. The Hall–Kier alpha value is -3.39. The Morgan fingerprint density at radius 3 is 2.67 bits per heavy atom. The van der Waals surface area contributed by atoms with Crippen molar-refractivity contribution in [2.75, 3.05) is 11.2 Å². The van der Waals surface area contributed by atoms with Crippen molar-refractivity contribution in [3.63, 3.8) is 0 Å². The molecule has 7 nitrogen and oxygen atoms in total. The number of carbonyl (C=O) groups excluding carboxylic acids is 1. The van der Waals surface area contributed by atoms with Gasteiger partial charge in [0.05, 0.1) is 5.69 Å². The van der Waals surface area contributed by atoms with Crippen LogP contribution in [0.15, 0.2) is 59.9 Å². The van der Waals surface area contributed by atoms with E-state index in [1.54, 1.807) is 11.8 Å². The van der Waals surface area contributed by atoms with Crippen molar-refractivity contribution in [1.82, 2.24) is 19.7 Å². The Balaban J connectivity index is 1.81. The van der Waals surface area contributed by atoms with Crippen molar-refractivity contribution in [3.05, 3.63) is 60.3 Å². The third-order valence-electron chi connectivity index (χ3n) is 5.23. The summed E-state index contributed by atoms with van der Waals surface area (Å²) in [5.74, 6) is 0.231. The van der Waals surface area contributed by atoms with E-state index in [1.807, 2.05) is 72.6 Å². The molecule has 1 amide bonds. The number of fused-ring (bicyclic) bond motifs is 4. The number of rotatable bonds is 2. The van der Waals surface area contributed by atoms with Crippen LogP contribution in [-0.2, 0) is 11.8 Å². The number of amides is 1. The summed E-state index contributed by atoms with van der Waals surface area (Å²) in [6.45, 7) is 1.54. The molecule has 2 aromatic heterocycles. The molecule has 0 bridgehead atoms. The van der Waals surface area contributed by atoms with Gasteiger partial charge in [-0.15, -0.1) is 10.2 Å². The number of thioether (sulfide) groups is 1. The number of ether oxygens (including phenoxy) is 1. The second-order valence-corrected chi connectivity index (χ2v) is 7.81. The molecule has 0 saturated carbocycles. The van der Waals surface area contributed by atoms with Gasteiger partial charge in [0, 0.05) is 42.2 Å². The largest absolute Gasteiger partial charge is 0.447 e. The number of aryl methyl sites for hydroxylation is 1. The maximum Gasteiger partial charge on any atom is 0.247 e. The molecule has 0 spiro atoms. The van der Waals surface area contributed by atoms with Crippen molar-refractivity contribution in [1.29, 1.82) is 0 Å². The standard InChI is InChI=1S/C22H19N5O2S/c1-13(28)27-18-11-7-5-9-15(18)19-20(23-22(30-3)25-24-19)29-21(27)16-12-26(2)17-10-6-4-8-14(16)17/h4-12,21H,1-3H3/t21-/m0/s1. The highest BCUT2D eigenvalue weighted by Crippen LogP contribution is 2.44. The van der Waals surface area contributed by atoms with Gasteiger partial charge in [0.15, 0.2) is 5.69 Å². The van der Waals surface area contributed by atoms with Crippen molar-refractivity contribution >= 4 is 34.3 Å². The average Bonchev–Trinajstić information content (AvgIpc) is 3.02. The number of hydrogen-bond acceptors (Lipinski definition) is 6. The van der Waals surface area contributed by atoms with Gasteiger partial charge in [-0.2, -0.15) is 4.98 Å². The van der Waals surface area contributed by atoms with Crippen LogP contribution >= 0.6 is 11.8 Å². The average molecular weight is 417 g/mol. The minimum absolute atomic E-state index is 0.133. The van der Waals surface area contributed by atoms with Crippen molar-refractivity contribution in [2.45, 2.75) is 18.3 Å². The third kappa shape index (κ3) is 2.83. The minimum Gasteiger partial charge on any atom is -0.447 e. The number of para-hydroxylation sites is 2. The Labute approximate surface area is 177 Å². The minimum atomic E-state index is -0.692. The van der Waals surface area contributed by atoms with Gasteiger partial charge >= 0.3 is 0 Å². The Morgan fingerprint density at radius 1 is 1.10 bits per heavy atom. The lowest BCUT2D eigenvalue weighted by Gasteiger charge is -2.29. The number of aromatic nitrogens is 4. The number of carbonyl (C=O) groups is 1. The fraction of sp³-hybridized carbons (Fsp3) is 0.182. The molecule has 0 unspecified atom stereocenters. The molecule has 3 heterocycles. The third-order valence-corrected chi connectivity index (χ3v) is 5.77. The van der Waals surface area contributed by atoms with Gasteiger partial charge in [0.1, 0.15) is 0 Å². The Morgan fingerprint density at radius 2 is 1.87 bits per heavy atom. The van der Waals surface area contributed by atoms with Crippen LogP contribution in [0.1, 0.15) is 18.7 Å². The summed E-state index contributed by atoms with van der Waals surface area (Å²) in [6, 6.07) is 15.7. The maximum absolute atomic E-state index is 12.9. The van der Waals surface area contributed by atoms with E-state index in [0.29, 0.717) is 16.7 Å². The van der Waals surface area contributed by atoms with Gasteiger partial charge in [0.25, 0.3) is 0 Å². The van der Waals surface area contributed by atoms with E-state index < -0.39 is 6.23 Å². The molecule has 5 rings (SSSR count). The number of anilines is 1. The van der Waals surface area contributed by atoms with Crippen LogP contribution in [0.3, 0.4) is 0 Å². The van der Waals surface area contributed by atoms with Gasteiger partial charge in [0.2, 0.25) is 23.2 Å². The van der Waals surface area contributed by atoms with Crippen LogP contribution in [0.4, 0.5) is 5.69 Å². The van der Waals surface area contributed by atoms with Crippen molar-refractivity contribution in [2.24, 2.45) is 7.05 Å². The monoisotopic (exact) mass is 417 g/mol. The van der Waals surface area contributed by atoms with Gasteiger partial charge in [-0.1, -0.05) is 48.2 Å². The SMILES string of the molecule is CSc1nnc2c(n1)O[C@@H](c1cn(C)c3ccccc13)N(C(C)=O)c1ccccc1-2. The summed E-state index contributed by atoms with van der Waals surface area (Å²) < 4.78 is 8.47. The summed E-state index contributed by atoms with van der Waals surface area (Å²) in [7, 11) is 1.98. The second-order valence-electron chi connectivity index (χ2n) is 7.04. The van der Waals surface area contributed by atoms with E-state index in [2.05, 4.69) is 15.2 Å². The first-order valence-electron chi connectivity index (χ1n) is 9.47. The van der Waals surface area contributed by atoms with Crippen molar-refractivity contribution in [3.8, 4) is 17.1 Å². The summed E-state index contributed by atoms with van der Waals surface area (Å²) in [5.41, 5.74) is 3.95. The Kier molecular flexibility index (Phi) is 4.43. The first kappa shape index (κ1) is 18.6. The molecule has 150 valence electrons. The summed E-state index contributed by atoms with van der Waals surface area (Å²) in [4.78, 5) is 19.1. The van der Waals surface area contributed by atoms with E-state index in [0.717, 1.165) is 27.7 Å². The van der Waals surface area contributed by atoms with Gasteiger partial charge in [-0.3, -0.25) is 9.69 Å². The van der Waals surface area contributed by atoms with Crippen LogP contribution in [0.2, 0.25) is 0 Å². The second kappa shape index (κ2) is 7.14. The summed E-state index contributed by atoms with van der Waals surface area (Å²) in [5, 5.41) is 10.1. The number of hydrogen-bond donors (Lipinski definition) is 0. The van der Waals surface area contributed by atoms with E-state index in [1.165, 1.54) is 11.8 Å². The highest BCUT2D eigenvalue weighted by atomic mass is 32.2. The molecular formula is C22H19N5O2S. The molecule has 1 aliphatic heterocycles. The zero-order chi connectivity index (χ0) is 20.8. The zero-order valence-corrected chi connectivity index (χ0v) is 17.6. The molecule has 1 aliphatic rings. The summed E-state index contributed by atoms with van der Waals surface area (Å²) in [6.07, 6.45) is 3.20. The molecule has 30 heavy (non-hydrogen) atoms. The predicted molar refractivity (Wildman–Crippen MR) is 116 cm³/mol. The molecule has 0 radical (unpaired) electrons. The number of nitrogens with zero attached hydrogens (tertiary/aromatic N) is 5. The summed E-state index contributed by atoms with van der Waals surface area (Å²) >= 11 is 1.39. The van der Waals surface area contributed by atoms with E-state index in [-0.39, 0.29) is 5.91 Å². The van der Waals surface area contributed by atoms with E-state index in [4.69, 9.17) is 4.74 Å². The number of benzene rings is 2. The molecule has 0 fully saturated rings.